The number of nitrogens with zero attached hydrogens (tertiary/aromatic N) is 4. The van der Waals surface area contributed by atoms with Crippen LogP contribution in [0.5, 0.6) is 6.01 Å². The van der Waals surface area contributed by atoms with Crippen LogP contribution in [0.3, 0.4) is 0 Å². The molecule has 2 aromatic carbocycles. The number of anilines is 2. The molecule has 3 fully saturated rings. The lowest BCUT2D eigenvalue weighted by Gasteiger charge is -2.34. The predicted octanol–water partition coefficient (Wildman–Crippen LogP) is 3.81. The highest BCUT2D eigenvalue weighted by atomic mass is 19.1. The van der Waals surface area contributed by atoms with Crippen molar-refractivity contribution < 1.29 is 13.9 Å². The Bertz CT molecular complexity index is 1320. The predicted molar refractivity (Wildman–Crippen MR) is 143 cm³/mol. The van der Waals surface area contributed by atoms with Gasteiger partial charge in [-0.25, -0.2) is 4.39 Å². The maximum Gasteiger partial charge on any atom is 0.319 e. The van der Waals surface area contributed by atoms with E-state index in [1.165, 1.54) is 32.3 Å². The number of benzene rings is 2. The van der Waals surface area contributed by atoms with E-state index in [1.54, 1.807) is 12.1 Å². The SMILES string of the molecule is CC(=O)Nc1ccc(F)c(-c2ccc3c(N4CC5CCC(C4)N5)nc(OC[C@@H]4CCCN4C)nc3c2)c1. The van der Waals surface area contributed by atoms with Gasteiger partial charge in [-0.1, -0.05) is 6.07 Å². The molecule has 9 heteroatoms. The molecule has 0 spiro atoms. The summed E-state index contributed by atoms with van der Waals surface area (Å²) in [5.74, 6) is 0.312. The van der Waals surface area contributed by atoms with E-state index in [2.05, 4.69) is 27.5 Å². The average molecular weight is 505 g/mol. The zero-order valence-electron chi connectivity index (χ0n) is 21.3. The van der Waals surface area contributed by atoms with Crippen molar-refractivity contribution in [2.75, 3.05) is 43.5 Å². The third-order valence-corrected chi connectivity index (χ3v) is 7.85. The summed E-state index contributed by atoms with van der Waals surface area (Å²) in [4.78, 5) is 25.9. The number of hydrogen-bond acceptors (Lipinski definition) is 7. The fourth-order valence-corrected chi connectivity index (χ4v) is 5.92. The quantitative estimate of drug-likeness (QED) is 0.528. The Morgan fingerprint density at radius 1 is 1.14 bits per heavy atom. The number of likely N-dealkylation sites (tertiary alicyclic amines) is 1. The first kappa shape index (κ1) is 24.1. The van der Waals surface area contributed by atoms with Crippen molar-refractivity contribution in [2.24, 2.45) is 0 Å². The van der Waals surface area contributed by atoms with Crippen LogP contribution < -0.4 is 20.3 Å². The molecule has 2 N–H and O–H groups in total. The summed E-state index contributed by atoms with van der Waals surface area (Å²) in [6.45, 7) is 4.84. The highest BCUT2D eigenvalue weighted by molar-refractivity contribution is 5.94. The lowest BCUT2D eigenvalue weighted by molar-refractivity contribution is -0.114. The number of amides is 1. The molecule has 0 saturated carbocycles. The van der Waals surface area contributed by atoms with Crippen molar-refractivity contribution in [1.29, 1.82) is 0 Å². The normalized spacial score (nSPS) is 23.5. The van der Waals surface area contributed by atoms with Crippen LogP contribution in [-0.2, 0) is 4.79 Å². The van der Waals surface area contributed by atoms with Crippen molar-refractivity contribution in [3.05, 3.63) is 42.2 Å². The first-order valence-corrected chi connectivity index (χ1v) is 13.2. The molecular weight excluding hydrogens is 471 g/mol. The van der Waals surface area contributed by atoms with Gasteiger partial charge >= 0.3 is 6.01 Å². The Kier molecular flexibility index (Phi) is 6.42. The van der Waals surface area contributed by atoms with Gasteiger partial charge in [0, 0.05) is 54.8 Å². The van der Waals surface area contributed by atoms with E-state index < -0.39 is 0 Å². The molecule has 0 aliphatic carbocycles. The van der Waals surface area contributed by atoms with Crippen LogP contribution in [-0.4, -0.2) is 72.2 Å². The molecule has 3 aliphatic heterocycles. The summed E-state index contributed by atoms with van der Waals surface area (Å²) in [5, 5.41) is 7.34. The Morgan fingerprint density at radius 3 is 2.68 bits per heavy atom. The van der Waals surface area contributed by atoms with E-state index in [9.17, 15) is 9.18 Å². The molecule has 3 atom stereocenters. The summed E-state index contributed by atoms with van der Waals surface area (Å²) < 4.78 is 21.0. The number of hydrogen-bond donors (Lipinski definition) is 2. The first-order chi connectivity index (χ1) is 17.9. The summed E-state index contributed by atoms with van der Waals surface area (Å²) >= 11 is 0. The summed E-state index contributed by atoms with van der Waals surface area (Å²) in [6.07, 6.45) is 4.63. The molecule has 6 rings (SSSR count). The molecule has 37 heavy (non-hydrogen) atoms. The molecule has 1 aromatic heterocycles. The summed E-state index contributed by atoms with van der Waals surface area (Å²) in [7, 11) is 2.13. The van der Waals surface area contributed by atoms with Gasteiger partial charge in [-0.3, -0.25) is 4.79 Å². The van der Waals surface area contributed by atoms with Gasteiger partial charge in [-0.05, 0) is 75.2 Å². The fraction of sp³-hybridized carbons (Fsp3) is 0.464. The van der Waals surface area contributed by atoms with E-state index >= 15 is 0 Å². The fourth-order valence-electron chi connectivity index (χ4n) is 5.92. The Labute approximate surface area is 216 Å². The summed E-state index contributed by atoms with van der Waals surface area (Å²) in [6, 6.07) is 12.0. The molecule has 3 saturated heterocycles. The standard InChI is InChI=1S/C28H33FN6O2/c1-17(36)30-19-8-10-25(29)24(13-19)18-5-9-23-26(12-18)32-28(37-16-22-4-3-11-34(22)2)33-27(23)35-14-20-6-7-21(15-35)31-20/h5,8-10,12-13,20-22,31H,3-4,6-7,11,14-16H2,1-2H3,(H,30,36)/t20?,21?,22-/m0/s1. The molecular formula is C28H33FN6O2. The number of nitrogens with one attached hydrogen (secondary N) is 2. The molecule has 2 unspecified atom stereocenters. The van der Waals surface area contributed by atoms with Gasteiger partial charge in [0.2, 0.25) is 5.91 Å². The van der Waals surface area contributed by atoms with E-state index in [-0.39, 0.29) is 11.7 Å². The number of ether oxygens (including phenoxy) is 1. The van der Waals surface area contributed by atoms with Crippen molar-refractivity contribution in [3.63, 3.8) is 0 Å². The smallest absolute Gasteiger partial charge is 0.319 e. The second-order valence-electron chi connectivity index (χ2n) is 10.6. The van der Waals surface area contributed by atoms with Gasteiger partial charge < -0.3 is 25.2 Å². The van der Waals surface area contributed by atoms with Gasteiger partial charge in [0.15, 0.2) is 0 Å². The molecule has 4 heterocycles. The molecule has 3 aromatic rings. The topological polar surface area (TPSA) is 82.6 Å². The average Bonchev–Trinajstić information content (AvgIpc) is 3.45. The zero-order chi connectivity index (χ0) is 25.5. The molecule has 1 amide bonds. The first-order valence-electron chi connectivity index (χ1n) is 13.2. The van der Waals surface area contributed by atoms with Crippen LogP contribution in [0.1, 0.15) is 32.6 Å². The van der Waals surface area contributed by atoms with Crippen molar-refractivity contribution in [3.8, 4) is 17.1 Å². The third kappa shape index (κ3) is 4.98. The van der Waals surface area contributed by atoms with Crippen LogP contribution >= 0.6 is 0 Å². The van der Waals surface area contributed by atoms with Gasteiger partial charge in [-0.2, -0.15) is 9.97 Å². The van der Waals surface area contributed by atoms with Crippen LogP contribution in [0.15, 0.2) is 36.4 Å². The van der Waals surface area contributed by atoms with Gasteiger partial charge in [-0.15, -0.1) is 0 Å². The van der Waals surface area contributed by atoms with E-state index in [4.69, 9.17) is 14.7 Å². The molecule has 0 radical (unpaired) electrons. The second-order valence-corrected chi connectivity index (χ2v) is 10.6. The molecule has 3 aliphatic rings. The van der Waals surface area contributed by atoms with Gasteiger partial charge in [0.25, 0.3) is 0 Å². The maximum atomic E-state index is 14.9. The highest BCUT2D eigenvalue weighted by Crippen LogP contribution is 2.34. The van der Waals surface area contributed by atoms with Crippen LogP contribution in [0, 0.1) is 5.82 Å². The minimum atomic E-state index is -0.359. The molecule has 8 nitrogen and oxygen atoms in total. The number of fused-ring (bicyclic) bond motifs is 3. The number of rotatable bonds is 6. The van der Waals surface area contributed by atoms with E-state index in [0.717, 1.165) is 37.3 Å². The van der Waals surface area contributed by atoms with Crippen molar-refractivity contribution in [1.82, 2.24) is 20.2 Å². The third-order valence-electron chi connectivity index (χ3n) is 7.85. The van der Waals surface area contributed by atoms with Crippen LogP contribution in [0.4, 0.5) is 15.9 Å². The molecule has 194 valence electrons. The Hall–Kier alpha value is -3.30. The Morgan fingerprint density at radius 2 is 1.95 bits per heavy atom. The van der Waals surface area contributed by atoms with Crippen LogP contribution in [0.25, 0.3) is 22.0 Å². The van der Waals surface area contributed by atoms with Crippen molar-refractivity contribution in [2.45, 2.75) is 50.7 Å². The largest absolute Gasteiger partial charge is 0.462 e. The van der Waals surface area contributed by atoms with Crippen molar-refractivity contribution >= 4 is 28.3 Å². The maximum absolute atomic E-state index is 14.9. The van der Waals surface area contributed by atoms with E-state index in [0.29, 0.717) is 53.1 Å². The van der Waals surface area contributed by atoms with Gasteiger partial charge in [0.1, 0.15) is 18.2 Å². The number of aromatic nitrogens is 2. The summed E-state index contributed by atoms with van der Waals surface area (Å²) in [5.41, 5.74) is 2.35. The minimum absolute atomic E-state index is 0.201. The van der Waals surface area contributed by atoms with E-state index in [1.807, 2.05) is 18.2 Å². The lowest BCUT2D eigenvalue weighted by Crippen LogP contribution is -2.51. The minimum Gasteiger partial charge on any atom is -0.462 e. The number of halogens is 1. The second kappa shape index (κ2) is 9.87. The Balaban J connectivity index is 1.38. The lowest BCUT2D eigenvalue weighted by atomic mass is 10.0. The number of carbonyl (C=O) groups excluding carboxylic acids is 1. The number of piperazine rings is 1. The number of likely N-dealkylation sites (N-methyl/N-ethyl adjacent to an activating group) is 1. The zero-order valence-corrected chi connectivity index (χ0v) is 21.3. The monoisotopic (exact) mass is 504 g/mol. The molecule has 2 bridgehead atoms. The highest BCUT2D eigenvalue weighted by Gasteiger charge is 2.34. The number of carbonyl (C=O) groups is 1. The van der Waals surface area contributed by atoms with Gasteiger partial charge in [0.05, 0.1) is 5.52 Å². The van der Waals surface area contributed by atoms with Crippen LogP contribution in [0.2, 0.25) is 0 Å².